The molecule has 0 radical (unpaired) electrons. The summed E-state index contributed by atoms with van der Waals surface area (Å²) in [7, 11) is 0. The number of nitrogens with two attached hydrogens (primary N) is 1. The Balaban J connectivity index is 4.49. The topological polar surface area (TPSA) is 119 Å². The molecule has 4 N–H and O–H groups in total. The Morgan fingerprint density at radius 3 is 2.14 bits per heavy atom. The fraction of sp³-hybridized carbons (Fsp3) is 0.786. The standard InChI is InChI=1S/C14H26N2O5/c1-8(2)6-10(13(19)20)16-12(18)9(15)7-11(17)21-14(3,4)5/h8-10H,6-7,15H2,1-5H3,(H,16,18)(H,19,20)/t9-,10-/m0/s1. The molecule has 0 aliphatic carbocycles. The Labute approximate surface area is 125 Å². The van der Waals surface area contributed by atoms with E-state index in [4.69, 9.17) is 15.6 Å². The van der Waals surface area contributed by atoms with Crippen LogP contribution in [0.5, 0.6) is 0 Å². The summed E-state index contributed by atoms with van der Waals surface area (Å²) in [4.78, 5) is 34.5. The Morgan fingerprint density at radius 2 is 1.76 bits per heavy atom. The van der Waals surface area contributed by atoms with Gasteiger partial charge in [-0.15, -0.1) is 0 Å². The van der Waals surface area contributed by atoms with Crippen LogP contribution in [0.15, 0.2) is 0 Å². The van der Waals surface area contributed by atoms with Crippen LogP contribution in [0.1, 0.15) is 47.5 Å². The van der Waals surface area contributed by atoms with Crippen molar-refractivity contribution in [1.82, 2.24) is 5.32 Å². The minimum Gasteiger partial charge on any atom is -0.480 e. The maximum Gasteiger partial charge on any atom is 0.326 e. The fourth-order valence-corrected chi connectivity index (χ4v) is 1.63. The second-order valence-electron chi connectivity index (χ2n) is 6.43. The van der Waals surface area contributed by atoms with Crippen LogP contribution >= 0.6 is 0 Å². The first-order valence-electron chi connectivity index (χ1n) is 6.93. The van der Waals surface area contributed by atoms with Gasteiger partial charge in [-0.05, 0) is 33.1 Å². The van der Waals surface area contributed by atoms with Gasteiger partial charge < -0.3 is 20.9 Å². The molecule has 0 aromatic carbocycles. The maximum atomic E-state index is 11.8. The van der Waals surface area contributed by atoms with E-state index in [-0.39, 0.29) is 12.3 Å². The van der Waals surface area contributed by atoms with Crippen molar-refractivity contribution in [2.24, 2.45) is 11.7 Å². The van der Waals surface area contributed by atoms with Crippen LogP contribution in [0, 0.1) is 5.92 Å². The number of amides is 1. The summed E-state index contributed by atoms with van der Waals surface area (Å²) in [5.74, 6) is -2.29. The predicted octanol–water partition coefficient (Wildman–Crippen LogP) is 0.661. The monoisotopic (exact) mass is 302 g/mol. The number of esters is 1. The van der Waals surface area contributed by atoms with Gasteiger partial charge in [-0.3, -0.25) is 9.59 Å². The van der Waals surface area contributed by atoms with Gasteiger partial charge in [0.2, 0.25) is 5.91 Å². The molecule has 0 spiro atoms. The molecule has 0 fully saturated rings. The molecule has 7 nitrogen and oxygen atoms in total. The van der Waals surface area contributed by atoms with Crippen LogP contribution in [0.4, 0.5) is 0 Å². The van der Waals surface area contributed by atoms with Crippen molar-refractivity contribution >= 4 is 17.8 Å². The largest absolute Gasteiger partial charge is 0.480 e. The van der Waals surface area contributed by atoms with Crippen LogP contribution in [0.3, 0.4) is 0 Å². The second kappa shape index (κ2) is 7.97. The Hall–Kier alpha value is -1.63. The highest BCUT2D eigenvalue weighted by Gasteiger charge is 2.26. The smallest absolute Gasteiger partial charge is 0.326 e. The van der Waals surface area contributed by atoms with Gasteiger partial charge in [0.1, 0.15) is 11.6 Å². The lowest BCUT2D eigenvalue weighted by atomic mass is 10.0. The molecule has 122 valence electrons. The number of hydrogen-bond acceptors (Lipinski definition) is 5. The van der Waals surface area contributed by atoms with Crippen molar-refractivity contribution < 1.29 is 24.2 Å². The summed E-state index contributed by atoms with van der Waals surface area (Å²) in [5.41, 5.74) is 4.95. The Bertz CT molecular complexity index is 387. The van der Waals surface area contributed by atoms with E-state index in [9.17, 15) is 14.4 Å². The molecule has 0 saturated heterocycles. The van der Waals surface area contributed by atoms with Crippen molar-refractivity contribution in [1.29, 1.82) is 0 Å². The zero-order valence-electron chi connectivity index (χ0n) is 13.3. The lowest BCUT2D eigenvalue weighted by Gasteiger charge is -2.22. The zero-order valence-corrected chi connectivity index (χ0v) is 13.3. The van der Waals surface area contributed by atoms with E-state index < -0.39 is 35.5 Å². The molecular weight excluding hydrogens is 276 g/mol. The van der Waals surface area contributed by atoms with E-state index in [0.717, 1.165) is 0 Å². The molecule has 0 aromatic heterocycles. The van der Waals surface area contributed by atoms with Crippen molar-refractivity contribution in [2.45, 2.75) is 65.1 Å². The van der Waals surface area contributed by atoms with E-state index in [1.54, 1.807) is 20.8 Å². The minimum atomic E-state index is -1.13. The van der Waals surface area contributed by atoms with Crippen LogP contribution < -0.4 is 11.1 Å². The van der Waals surface area contributed by atoms with Gasteiger partial charge in [-0.2, -0.15) is 0 Å². The van der Waals surface area contributed by atoms with Gasteiger partial charge in [-0.1, -0.05) is 13.8 Å². The first-order valence-corrected chi connectivity index (χ1v) is 6.93. The number of aliphatic carboxylic acids is 1. The van der Waals surface area contributed by atoms with Gasteiger partial charge in [0, 0.05) is 0 Å². The Kier molecular flexibility index (Phi) is 7.35. The number of carbonyl (C=O) groups excluding carboxylic acids is 2. The minimum absolute atomic E-state index is 0.105. The maximum absolute atomic E-state index is 11.8. The Morgan fingerprint density at radius 1 is 1.24 bits per heavy atom. The molecular formula is C14H26N2O5. The van der Waals surface area contributed by atoms with Crippen molar-refractivity contribution in [3.8, 4) is 0 Å². The van der Waals surface area contributed by atoms with Gasteiger partial charge in [0.05, 0.1) is 12.5 Å². The third-order valence-electron chi connectivity index (χ3n) is 2.47. The highest BCUT2D eigenvalue weighted by atomic mass is 16.6. The summed E-state index contributed by atoms with van der Waals surface area (Å²) in [6, 6.07) is -2.14. The molecule has 0 aliphatic rings. The number of rotatable bonds is 7. The molecule has 2 atom stereocenters. The first-order chi connectivity index (χ1) is 9.42. The third-order valence-corrected chi connectivity index (χ3v) is 2.47. The van der Waals surface area contributed by atoms with Gasteiger partial charge >= 0.3 is 11.9 Å². The zero-order chi connectivity index (χ0) is 16.8. The molecule has 0 aromatic rings. The molecule has 0 bridgehead atoms. The quantitative estimate of drug-likeness (QED) is 0.594. The van der Waals surface area contributed by atoms with Crippen LogP contribution in [0.25, 0.3) is 0 Å². The number of carbonyl (C=O) groups is 3. The molecule has 0 aliphatic heterocycles. The molecule has 1 amide bonds. The van der Waals surface area contributed by atoms with E-state index in [0.29, 0.717) is 6.42 Å². The summed E-state index contributed by atoms with van der Waals surface area (Å²) in [5, 5.41) is 11.4. The molecule has 21 heavy (non-hydrogen) atoms. The van der Waals surface area contributed by atoms with E-state index in [1.165, 1.54) is 0 Å². The molecule has 7 heteroatoms. The van der Waals surface area contributed by atoms with Crippen molar-refractivity contribution in [3.05, 3.63) is 0 Å². The highest BCUT2D eigenvalue weighted by molar-refractivity contribution is 5.89. The SMILES string of the molecule is CC(C)C[C@H](NC(=O)[C@@H](N)CC(=O)OC(C)(C)C)C(=O)O. The molecule has 0 rings (SSSR count). The lowest BCUT2D eigenvalue weighted by molar-refractivity contribution is -0.156. The summed E-state index contributed by atoms with van der Waals surface area (Å²) >= 11 is 0. The second-order valence-corrected chi connectivity index (χ2v) is 6.43. The van der Waals surface area contributed by atoms with Crippen LogP contribution in [-0.4, -0.2) is 40.6 Å². The van der Waals surface area contributed by atoms with Crippen LogP contribution in [0.2, 0.25) is 0 Å². The predicted molar refractivity (Wildman–Crippen MR) is 77.5 cm³/mol. The molecule has 0 unspecified atom stereocenters. The van der Waals surface area contributed by atoms with Crippen LogP contribution in [-0.2, 0) is 19.1 Å². The fourth-order valence-electron chi connectivity index (χ4n) is 1.63. The van der Waals surface area contributed by atoms with Gasteiger partial charge in [-0.25, -0.2) is 4.79 Å². The number of hydrogen-bond donors (Lipinski definition) is 3. The third kappa shape index (κ3) is 9.01. The highest BCUT2D eigenvalue weighted by Crippen LogP contribution is 2.09. The van der Waals surface area contributed by atoms with Crippen molar-refractivity contribution in [2.75, 3.05) is 0 Å². The molecule has 0 saturated carbocycles. The average Bonchev–Trinajstić information content (AvgIpc) is 2.24. The summed E-state index contributed by atoms with van der Waals surface area (Å²) in [6.45, 7) is 8.82. The van der Waals surface area contributed by atoms with E-state index in [2.05, 4.69) is 5.32 Å². The molecule has 0 heterocycles. The van der Waals surface area contributed by atoms with Gasteiger partial charge in [0.15, 0.2) is 0 Å². The first kappa shape index (κ1) is 19.4. The van der Waals surface area contributed by atoms with E-state index in [1.807, 2.05) is 13.8 Å². The van der Waals surface area contributed by atoms with Crippen molar-refractivity contribution in [3.63, 3.8) is 0 Å². The lowest BCUT2D eigenvalue weighted by Crippen LogP contribution is -2.49. The summed E-state index contributed by atoms with van der Waals surface area (Å²) < 4.78 is 5.06. The number of nitrogens with one attached hydrogen (secondary N) is 1. The normalized spacial score (nSPS) is 14.4. The summed E-state index contributed by atoms with van der Waals surface area (Å²) in [6.07, 6.45) is -0.00263. The van der Waals surface area contributed by atoms with E-state index >= 15 is 0 Å². The van der Waals surface area contributed by atoms with Gasteiger partial charge in [0.25, 0.3) is 0 Å². The average molecular weight is 302 g/mol. The number of carboxylic acids is 1. The number of carboxylic acid groups (broad SMARTS) is 1. The number of ether oxygens (including phenoxy) is 1.